The molecular weight excluding hydrogens is 343 g/mol. The molecule has 4 nitrogen and oxygen atoms in total. The van der Waals surface area contributed by atoms with Gasteiger partial charge in [-0.25, -0.2) is 4.39 Å². The van der Waals surface area contributed by atoms with Crippen molar-refractivity contribution in [1.29, 1.82) is 0 Å². The van der Waals surface area contributed by atoms with Gasteiger partial charge in [-0.05, 0) is 45.2 Å². The van der Waals surface area contributed by atoms with Crippen molar-refractivity contribution < 1.29 is 13.9 Å². The van der Waals surface area contributed by atoms with Gasteiger partial charge >= 0.3 is 0 Å². The summed E-state index contributed by atoms with van der Waals surface area (Å²) < 4.78 is 20.3. The van der Waals surface area contributed by atoms with E-state index in [2.05, 4.69) is 30.1 Å². The Kier molecular flexibility index (Phi) is 5.08. The molecule has 3 aliphatic rings. The van der Waals surface area contributed by atoms with Crippen LogP contribution in [-0.2, 0) is 4.74 Å². The molecule has 3 heterocycles. The second-order valence-corrected chi connectivity index (χ2v) is 8.53. The van der Waals surface area contributed by atoms with E-state index in [-0.39, 0.29) is 23.2 Å². The highest BCUT2D eigenvalue weighted by Crippen LogP contribution is 2.54. The minimum absolute atomic E-state index is 0.0248. The monoisotopic (exact) mass is 372 g/mol. The number of ether oxygens (including phenoxy) is 1. The van der Waals surface area contributed by atoms with Crippen molar-refractivity contribution in [1.82, 2.24) is 10.2 Å². The number of allylic oxidation sites excluding steroid dienone is 1. The molecule has 2 bridgehead atoms. The number of carbonyl (C=O) groups is 1. The fourth-order valence-corrected chi connectivity index (χ4v) is 5.22. The standard InChI is InChI=1S/C22H29FN2O2/c1-15(2)6-5-11-25-13-18-17(20-9-10-22(18,14-25)27-20)12-24-21(26)16-7-3-4-8-19(16)23/h3-4,6-8,17-18,20H,5,9-14H2,1-2H3,(H,24,26)/t17-,18+,20+,22+/m0/s1. The predicted octanol–water partition coefficient (Wildman–Crippen LogP) is 3.39. The van der Waals surface area contributed by atoms with Crippen molar-refractivity contribution in [3.05, 3.63) is 47.3 Å². The lowest BCUT2D eigenvalue weighted by Gasteiger charge is -2.29. The number of rotatable bonds is 6. The van der Waals surface area contributed by atoms with Crippen molar-refractivity contribution in [2.75, 3.05) is 26.2 Å². The SMILES string of the molecule is CC(C)=CCCN1C[C@@H]2[C@H](CNC(=O)c3ccccc3F)[C@H]3CC[C@]2(C1)O3. The molecule has 146 valence electrons. The second kappa shape index (κ2) is 7.36. The Bertz CT molecular complexity index is 746. The van der Waals surface area contributed by atoms with Crippen molar-refractivity contribution in [2.45, 2.75) is 44.8 Å². The molecule has 0 aliphatic carbocycles. The summed E-state index contributed by atoms with van der Waals surface area (Å²) in [6.07, 6.45) is 5.79. The molecule has 1 amide bonds. The van der Waals surface area contributed by atoms with Crippen molar-refractivity contribution >= 4 is 5.91 Å². The molecule has 4 atom stereocenters. The lowest BCUT2D eigenvalue weighted by molar-refractivity contribution is 0.00290. The molecule has 1 aromatic rings. The van der Waals surface area contributed by atoms with E-state index in [1.807, 2.05) is 0 Å². The van der Waals surface area contributed by atoms with Gasteiger partial charge in [-0.15, -0.1) is 0 Å². The molecule has 0 aromatic heterocycles. The maximum Gasteiger partial charge on any atom is 0.254 e. The molecule has 3 aliphatic heterocycles. The number of nitrogens with zero attached hydrogens (tertiary/aromatic N) is 1. The van der Waals surface area contributed by atoms with Gasteiger partial charge in [0.2, 0.25) is 0 Å². The number of amides is 1. The van der Waals surface area contributed by atoms with Crippen LogP contribution in [0, 0.1) is 17.7 Å². The number of halogens is 1. The first-order valence-corrected chi connectivity index (χ1v) is 10.0. The van der Waals surface area contributed by atoms with Crippen LogP contribution >= 0.6 is 0 Å². The molecule has 3 fully saturated rings. The van der Waals surface area contributed by atoms with E-state index in [1.165, 1.54) is 17.7 Å². The molecule has 27 heavy (non-hydrogen) atoms. The van der Waals surface area contributed by atoms with E-state index in [4.69, 9.17) is 4.74 Å². The van der Waals surface area contributed by atoms with E-state index in [1.54, 1.807) is 12.1 Å². The molecule has 0 radical (unpaired) electrons. The Hall–Kier alpha value is -1.72. The van der Waals surface area contributed by atoms with E-state index < -0.39 is 5.82 Å². The number of likely N-dealkylation sites (tertiary alicyclic amines) is 1. The molecule has 4 rings (SSSR count). The Morgan fingerprint density at radius 3 is 3.00 bits per heavy atom. The van der Waals surface area contributed by atoms with Crippen LogP contribution in [0.25, 0.3) is 0 Å². The van der Waals surface area contributed by atoms with Crippen LogP contribution in [0.1, 0.15) is 43.5 Å². The number of hydrogen-bond donors (Lipinski definition) is 1. The zero-order valence-electron chi connectivity index (χ0n) is 16.2. The smallest absolute Gasteiger partial charge is 0.254 e. The van der Waals surface area contributed by atoms with Gasteiger partial charge in [-0.3, -0.25) is 9.69 Å². The van der Waals surface area contributed by atoms with Crippen LogP contribution in [0.15, 0.2) is 35.9 Å². The maximum atomic E-state index is 13.8. The van der Waals surface area contributed by atoms with Crippen LogP contribution in [-0.4, -0.2) is 48.7 Å². The van der Waals surface area contributed by atoms with Gasteiger partial charge in [-0.2, -0.15) is 0 Å². The van der Waals surface area contributed by atoms with E-state index in [0.717, 1.165) is 38.9 Å². The summed E-state index contributed by atoms with van der Waals surface area (Å²) in [6, 6.07) is 6.15. The summed E-state index contributed by atoms with van der Waals surface area (Å²) in [4.78, 5) is 14.9. The van der Waals surface area contributed by atoms with Gasteiger partial charge in [0.1, 0.15) is 5.82 Å². The number of fused-ring (bicyclic) bond motifs is 1. The number of benzene rings is 1. The molecule has 3 saturated heterocycles. The van der Waals surface area contributed by atoms with Crippen LogP contribution < -0.4 is 5.32 Å². The van der Waals surface area contributed by atoms with E-state index >= 15 is 0 Å². The summed E-state index contributed by atoms with van der Waals surface area (Å²) in [5, 5.41) is 2.96. The minimum Gasteiger partial charge on any atom is -0.370 e. The molecule has 1 N–H and O–H groups in total. The van der Waals surface area contributed by atoms with Crippen molar-refractivity contribution in [2.24, 2.45) is 11.8 Å². The topological polar surface area (TPSA) is 41.6 Å². The second-order valence-electron chi connectivity index (χ2n) is 8.53. The summed E-state index contributed by atoms with van der Waals surface area (Å²) in [7, 11) is 0. The van der Waals surface area contributed by atoms with Crippen LogP contribution in [0.3, 0.4) is 0 Å². The lowest BCUT2D eigenvalue weighted by Crippen LogP contribution is -2.42. The Morgan fingerprint density at radius 1 is 1.41 bits per heavy atom. The average molecular weight is 372 g/mol. The largest absolute Gasteiger partial charge is 0.370 e. The zero-order valence-corrected chi connectivity index (χ0v) is 16.2. The normalized spacial score (nSPS) is 31.7. The third-order valence-corrected chi connectivity index (χ3v) is 6.47. The van der Waals surface area contributed by atoms with Gasteiger partial charge in [-0.1, -0.05) is 23.8 Å². The van der Waals surface area contributed by atoms with E-state index in [9.17, 15) is 9.18 Å². The van der Waals surface area contributed by atoms with Crippen molar-refractivity contribution in [3.8, 4) is 0 Å². The first-order valence-electron chi connectivity index (χ1n) is 10.0. The van der Waals surface area contributed by atoms with Crippen LogP contribution in [0.4, 0.5) is 4.39 Å². The highest BCUT2D eigenvalue weighted by molar-refractivity contribution is 5.94. The highest BCUT2D eigenvalue weighted by atomic mass is 19.1. The molecule has 0 saturated carbocycles. The van der Waals surface area contributed by atoms with Gasteiger partial charge in [0.15, 0.2) is 0 Å². The first-order chi connectivity index (χ1) is 13.0. The Morgan fingerprint density at radius 2 is 2.22 bits per heavy atom. The minimum atomic E-state index is -0.470. The average Bonchev–Trinajstić information content (AvgIpc) is 3.28. The summed E-state index contributed by atoms with van der Waals surface area (Å²) in [5.74, 6) is -0.0166. The fourth-order valence-electron chi connectivity index (χ4n) is 5.22. The Labute approximate surface area is 160 Å². The molecular formula is C22H29FN2O2. The molecule has 5 heteroatoms. The fraction of sp³-hybridized carbons (Fsp3) is 0.591. The molecule has 1 aromatic carbocycles. The van der Waals surface area contributed by atoms with Crippen LogP contribution in [0.2, 0.25) is 0 Å². The quantitative estimate of drug-likeness (QED) is 0.779. The summed E-state index contributed by atoms with van der Waals surface area (Å²) >= 11 is 0. The van der Waals surface area contributed by atoms with Crippen LogP contribution in [0.5, 0.6) is 0 Å². The van der Waals surface area contributed by atoms with Gasteiger partial charge < -0.3 is 10.1 Å². The predicted molar refractivity (Wildman–Crippen MR) is 103 cm³/mol. The van der Waals surface area contributed by atoms with Crippen molar-refractivity contribution in [3.63, 3.8) is 0 Å². The first kappa shape index (κ1) is 18.6. The lowest BCUT2D eigenvalue weighted by atomic mass is 9.73. The Balaban J connectivity index is 1.38. The number of hydrogen-bond acceptors (Lipinski definition) is 3. The van der Waals surface area contributed by atoms with Gasteiger partial charge in [0.25, 0.3) is 5.91 Å². The third kappa shape index (κ3) is 3.55. The maximum absolute atomic E-state index is 13.8. The molecule has 0 unspecified atom stereocenters. The summed E-state index contributed by atoms with van der Waals surface area (Å²) in [5.41, 5.74) is 1.45. The number of nitrogens with one attached hydrogen (secondary N) is 1. The zero-order chi connectivity index (χ0) is 19.0. The number of carbonyl (C=O) groups excluding carboxylic acids is 1. The third-order valence-electron chi connectivity index (χ3n) is 6.47. The molecule has 1 spiro atoms. The summed E-state index contributed by atoms with van der Waals surface area (Å²) in [6.45, 7) is 7.93. The van der Waals surface area contributed by atoms with Gasteiger partial charge in [0.05, 0.1) is 17.3 Å². The van der Waals surface area contributed by atoms with Gasteiger partial charge in [0, 0.05) is 38.0 Å². The van der Waals surface area contributed by atoms with E-state index in [0.29, 0.717) is 18.4 Å². The highest BCUT2D eigenvalue weighted by Gasteiger charge is 2.62.